The van der Waals surface area contributed by atoms with Gasteiger partial charge in [0, 0.05) is 30.2 Å². The first kappa shape index (κ1) is 21.0. The third-order valence-corrected chi connectivity index (χ3v) is 4.04. The van der Waals surface area contributed by atoms with E-state index in [0.29, 0.717) is 5.69 Å². The van der Waals surface area contributed by atoms with Crippen LogP contribution >= 0.6 is 0 Å². The quantitative estimate of drug-likeness (QED) is 0.763. The van der Waals surface area contributed by atoms with Crippen LogP contribution < -0.4 is 10.2 Å². The van der Waals surface area contributed by atoms with Crippen LogP contribution in [0.1, 0.15) is 24.0 Å². The number of benzene rings is 2. The third kappa shape index (κ3) is 6.10. The second-order valence-corrected chi connectivity index (χ2v) is 6.01. The Morgan fingerprint density at radius 2 is 1.93 bits per heavy atom. The fourth-order valence-corrected chi connectivity index (χ4v) is 2.77. The van der Waals surface area contributed by atoms with Gasteiger partial charge in [0.25, 0.3) is 0 Å². The molecule has 2 aromatic rings. The van der Waals surface area contributed by atoms with Crippen LogP contribution in [-0.4, -0.2) is 46.5 Å². The van der Waals surface area contributed by atoms with Gasteiger partial charge in [-0.3, -0.25) is 9.59 Å². The SMILES string of the molecule is O=C(O)CCC(=O)Nc1cccc(/C=C/N2C=CCc3ccccc32)c1.[NaH]. The summed E-state index contributed by atoms with van der Waals surface area (Å²) in [6.45, 7) is 0. The van der Waals surface area contributed by atoms with E-state index in [1.54, 1.807) is 6.07 Å². The summed E-state index contributed by atoms with van der Waals surface area (Å²) in [5, 5.41) is 11.4. The molecule has 0 bridgehead atoms. The predicted molar refractivity (Wildman–Crippen MR) is 110 cm³/mol. The Kier molecular flexibility index (Phi) is 7.85. The molecular formula is C21H21N2NaO3. The summed E-state index contributed by atoms with van der Waals surface area (Å²) in [5.41, 5.74) is 4.03. The van der Waals surface area contributed by atoms with Crippen LogP contribution in [-0.2, 0) is 16.0 Å². The van der Waals surface area contributed by atoms with Crippen molar-refractivity contribution in [1.82, 2.24) is 0 Å². The normalized spacial score (nSPS) is 12.4. The summed E-state index contributed by atoms with van der Waals surface area (Å²) in [6, 6.07) is 15.7. The molecule has 1 aliphatic rings. The molecule has 1 aliphatic heterocycles. The molecule has 0 aliphatic carbocycles. The summed E-state index contributed by atoms with van der Waals surface area (Å²) >= 11 is 0. The molecular weight excluding hydrogens is 351 g/mol. The first-order valence-electron chi connectivity index (χ1n) is 8.44. The number of nitrogens with one attached hydrogen (secondary N) is 1. The van der Waals surface area contributed by atoms with E-state index in [9.17, 15) is 9.59 Å². The molecule has 0 unspecified atom stereocenters. The number of amides is 1. The molecule has 0 saturated carbocycles. The van der Waals surface area contributed by atoms with Crippen molar-refractivity contribution in [2.75, 3.05) is 10.2 Å². The van der Waals surface area contributed by atoms with E-state index in [0.717, 1.165) is 17.7 Å². The number of rotatable bonds is 6. The van der Waals surface area contributed by atoms with E-state index in [1.165, 1.54) is 5.56 Å². The van der Waals surface area contributed by atoms with E-state index in [1.807, 2.05) is 48.8 Å². The maximum absolute atomic E-state index is 11.8. The van der Waals surface area contributed by atoms with Gasteiger partial charge in [-0.1, -0.05) is 36.4 Å². The summed E-state index contributed by atoms with van der Waals surface area (Å²) in [4.78, 5) is 24.4. The van der Waals surface area contributed by atoms with Crippen LogP contribution in [0.15, 0.2) is 67.0 Å². The summed E-state index contributed by atoms with van der Waals surface area (Å²) in [6.07, 6.45) is 8.83. The molecule has 0 fully saturated rings. The van der Waals surface area contributed by atoms with Crippen LogP contribution in [0.2, 0.25) is 0 Å². The van der Waals surface area contributed by atoms with Crippen molar-refractivity contribution in [2.45, 2.75) is 19.3 Å². The molecule has 0 aromatic heterocycles. The number of aliphatic carboxylic acids is 1. The number of fused-ring (bicyclic) bond motifs is 1. The summed E-state index contributed by atoms with van der Waals surface area (Å²) < 4.78 is 0. The van der Waals surface area contributed by atoms with E-state index < -0.39 is 5.97 Å². The number of carbonyl (C=O) groups excluding carboxylic acids is 1. The monoisotopic (exact) mass is 372 g/mol. The van der Waals surface area contributed by atoms with Crippen LogP contribution in [0.25, 0.3) is 6.08 Å². The molecule has 0 spiro atoms. The average Bonchev–Trinajstić information content (AvgIpc) is 2.65. The Bertz CT molecular complexity index is 877. The van der Waals surface area contributed by atoms with Gasteiger partial charge in [0.2, 0.25) is 5.91 Å². The number of para-hydroxylation sites is 1. The molecule has 0 radical (unpaired) electrons. The van der Waals surface area contributed by atoms with Crippen LogP contribution in [0.4, 0.5) is 11.4 Å². The van der Waals surface area contributed by atoms with Gasteiger partial charge in [-0.2, -0.15) is 0 Å². The van der Waals surface area contributed by atoms with E-state index in [4.69, 9.17) is 5.11 Å². The molecule has 1 amide bonds. The maximum atomic E-state index is 11.8. The number of hydrogen-bond donors (Lipinski definition) is 2. The number of hydrogen-bond acceptors (Lipinski definition) is 3. The van der Waals surface area contributed by atoms with Gasteiger partial charge in [-0.05, 0) is 41.8 Å². The Labute approximate surface area is 180 Å². The first-order valence-corrected chi connectivity index (χ1v) is 8.44. The molecule has 27 heavy (non-hydrogen) atoms. The molecule has 134 valence electrons. The van der Waals surface area contributed by atoms with Crippen molar-refractivity contribution in [3.8, 4) is 0 Å². The Morgan fingerprint density at radius 1 is 1.11 bits per heavy atom. The van der Waals surface area contributed by atoms with Gasteiger partial charge in [-0.25, -0.2) is 0 Å². The number of carboxylic acids is 1. The Hall–Kier alpha value is -2.34. The number of anilines is 2. The van der Waals surface area contributed by atoms with Crippen molar-refractivity contribution in [2.24, 2.45) is 0 Å². The third-order valence-electron chi connectivity index (χ3n) is 4.04. The Morgan fingerprint density at radius 3 is 2.74 bits per heavy atom. The second-order valence-electron chi connectivity index (χ2n) is 6.01. The minimum atomic E-state index is -0.980. The van der Waals surface area contributed by atoms with Crippen molar-refractivity contribution >= 4 is 58.9 Å². The fourth-order valence-electron chi connectivity index (χ4n) is 2.77. The molecule has 2 aromatic carbocycles. The van der Waals surface area contributed by atoms with Crippen LogP contribution in [0.5, 0.6) is 0 Å². The number of carboxylic acid groups (broad SMARTS) is 1. The van der Waals surface area contributed by atoms with E-state index in [2.05, 4.69) is 28.4 Å². The molecule has 0 atom stereocenters. The predicted octanol–water partition coefficient (Wildman–Crippen LogP) is 3.39. The number of carbonyl (C=O) groups is 2. The van der Waals surface area contributed by atoms with Gasteiger partial charge < -0.3 is 15.3 Å². The zero-order chi connectivity index (χ0) is 18.4. The first-order chi connectivity index (χ1) is 12.6. The average molecular weight is 372 g/mol. The fraction of sp³-hybridized carbons (Fsp3) is 0.143. The van der Waals surface area contributed by atoms with Gasteiger partial charge in [0.15, 0.2) is 0 Å². The summed E-state index contributed by atoms with van der Waals surface area (Å²) in [7, 11) is 0. The molecule has 2 N–H and O–H groups in total. The van der Waals surface area contributed by atoms with Gasteiger partial charge >= 0.3 is 35.5 Å². The molecule has 1 heterocycles. The molecule has 5 nitrogen and oxygen atoms in total. The van der Waals surface area contributed by atoms with Crippen molar-refractivity contribution in [3.63, 3.8) is 0 Å². The van der Waals surface area contributed by atoms with Crippen LogP contribution in [0, 0.1) is 0 Å². The van der Waals surface area contributed by atoms with E-state index in [-0.39, 0.29) is 48.3 Å². The van der Waals surface area contributed by atoms with Crippen molar-refractivity contribution in [3.05, 3.63) is 78.1 Å². The second kappa shape index (κ2) is 10.1. The number of nitrogens with zero attached hydrogens (tertiary/aromatic N) is 1. The van der Waals surface area contributed by atoms with Crippen molar-refractivity contribution < 1.29 is 14.7 Å². The van der Waals surface area contributed by atoms with E-state index >= 15 is 0 Å². The molecule has 0 saturated heterocycles. The van der Waals surface area contributed by atoms with Gasteiger partial charge in [0.05, 0.1) is 6.42 Å². The van der Waals surface area contributed by atoms with Gasteiger partial charge in [-0.15, -0.1) is 0 Å². The minimum absolute atomic E-state index is 0. The molecule has 3 rings (SSSR count). The molecule has 6 heteroatoms. The van der Waals surface area contributed by atoms with Crippen LogP contribution in [0.3, 0.4) is 0 Å². The van der Waals surface area contributed by atoms with Crippen molar-refractivity contribution in [1.29, 1.82) is 0 Å². The Balaban J connectivity index is 0.00000261. The summed E-state index contributed by atoms with van der Waals surface area (Å²) in [5.74, 6) is -1.28. The zero-order valence-corrected chi connectivity index (χ0v) is 14.3. The standard InChI is InChI=1S/C21H20N2O3.Na.H/c24-20(10-11-21(25)26)22-18-8-3-5-16(15-18)12-14-23-13-4-7-17-6-1-2-9-19(17)23;;/h1-6,8-9,12-15H,7,10-11H2,(H,22,24)(H,25,26);;/b14-12+;;. The zero-order valence-electron chi connectivity index (χ0n) is 14.3. The van der Waals surface area contributed by atoms with Gasteiger partial charge in [0.1, 0.15) is 0 Å². The number of allylic oxidation sites excluding steroid dienone is 1. The topological polar surface area (TPSA) is 69.6 Å².